The minimum Gasteiger partial charge on any atom is -0.378 e. The maximum Gasteiger partial charge on any atom is 0.311 e. The molecule has 1 aromatic carbocycles. The molecule has 2 heterocycles. The van der Waals surface area contributed by atoms with Crippen LogP contribution in [0.25, 0.3) is 10.8 Å². The third-order valence-electron chi connectivity index (χ3n) is 3.04. The molecule has 0 atom stereocenters. The highest BCUT2D eigenvalue weighted by Crippen LogP contribution is 2.27. The van der Waals surface area contributed by atoms with E-state index in [9.17, 15) is 10.1 Å². The molecule has 0 aliphatic carbocycles. The number of nitro groups is 1. The average molecular weight is 281 g/mol. The number of hydrogen-bond donors (Lipinski definition) is 2. The second-order valence-corrected chi connectivity index (χ2v) is 4.39. The Bertz CT molecular complexity index is 829. The number of nitrogens with two attached hydrogens (primary N) is 1. The molecule has 2 aromatic heterocycles. The van der Waals surface area contributed by atoms with Crippen molar-refractivity contribution in [2.45, 2.75) is 0 Å². The number of anilines is 3. The van der Waals surface area contributed by atoms with Gasteiger partial charge in [0.15, 0.2) is 0 Å². The monoisotopic (exact) mass is 281 g/mol. The molecule has 7 heteroatoms. The molecule has 0 unspecified atom stereocenters. The topological polar surface area (TPSA) is 107 Å². The predicted molar refractivity (Wildman–Crippen MR) is 80.3 cm³/mol. The molecule has 0 aliphatic heterocycles. The lowest BCUT2D eigenvalue weighted by Crippen LogP contribution is -2.01. The van der Waals surface area contributed by atoms with Gasteiger partial charge in [-0.05, 0) is 18.2 Å². The van der Waals surface area contributed by atoms with Crippen molar-refractivity contribution < 1.29 is 4.92 Å². The Kier molecular flexibility index (Phi) is 3.07. The van der Waals surface area contributed by atoms with Crippen LogP contribution < -0.4 is 11.1 Å². The molecular formula is C14H11N5O2. The molecule has 0 fully saturated rings. The normalized spacial score (nSPS) is 10.5. The van der Waals surface area contributed by atoms with Gasteiger partial charge in [0.1, 0.15) is 5.82 Å². The summed E-state index contributed by atoms with van der Waals surface area (Å²) in [6.45, 7) is 0. The first-order valence-corrected chi connectivity index (χ1v) is 6.16. The Hall–Kier alpha value is -3.22. The van der Waals surface area contributed by atoms with Gasteiger partial charge in [0.25, 0.3) is 0 Å². The number of pyridine rings is 2. The Labute approximate surface area is 119 Å². The first-order chi connectivity index (χ1) is 10.1. The quantitative estimate of drug-likeness (QED) is 0.564. The second kappa shape index (κ2) is 5.04. The number of fused-ring (bicyclic) bond motifs is 1. The third kappa shape index (κ3) is 2.44. The summed E-state index contributed by atoms with van der Waals surface area (Å²) in [5, 5.41) is 15.8. The highest BCUT2D eigenvalue weighted by molar-refractivity contribution is 5.94. The smallest absolute Gasteiger partial charge is 0.311 e. The molecule has 7 nitrogen and oxygen atoms in total. The fourth-order valence-corrected chi connectivity index (χ4v) is 2.06. The summed E-state index contributed by atoms with van der Waals surface area (Å²) in [5.74, 6) is 0.328. The third-order valence-corrected chi connectivity index (χ3v) is 3.04. The largest absolute Gasteiger partial charge is 0.378 e. The number of benzene rings is 1. The minimum absolute atomic E-state index is 0.119. The van der Waals surface area contributed by atoms with Crippen LogP contribution in [0.3, 0.4) is 0 Å². The predicted octanol–water partition coefficient (Wildman–Crippen LogP) is 2.86. The van der Waals surface area contributed by atoms with Gasteiger partial charge in [-0.15, -0.1) is 0 Å². The van der Waals surface area contributed by atoms with E-state index in [1.54, 1.807) is 12.4 Å². The zero-order valence-corrected chi connectivity index (χ0v) is 10.9. The summed E-state index contributed by atoms with van der Waals surface area (Å²) in [4.78, 5) is 18.2. The van der Waals surface area contributed by atoms with Gasteiger partial charge in [-0.25, -0.2) is 4.98 Å². The fraction of sp³-hybridized carbons (Fsp3) is 0. The van der Waals surface area contributed by atoms with E-state index < -0.39 is 4.92 Å². The van der Waals surface area contributed by atoms with Crippen LogP contribution in [0.15, 0.2) is 48.8 Å². The zero-order chi connectivity index (χ0) is 14.8. The van der Waals surface area contributed by atoms with E-state index >= 15 is 0 Å². The van der Waals surface area contributed by atoms with Crippen LogP contribution in [-0.4, -0.2) is 14.9 Å². The van der Waals surface area contributed by atoms with Crippen molar-refractivity contribution in [3.05, 3.63) is 58.9 Å². The molecule has 0 saturated heterocycles. The maximum atomic E-state index is 10.7. The summed E-state index contributed by atoms with van der Waals surface area (Å²) in [6.07, 6.45) is 3.46. The highest BCUT2D eigenvalue weighted by Gasteiger charge is 2.13. The molecule has 0 bridgehead atoms. The van der Waals surface area contributed by atoms with Crippen molar-refractivity contribution in [3.63, 3.8) is 0 Å². The van der Waals surface area contributed by atoms with Gasteiger partial charge in [0.05, 0.1) is 4.92 Å². The lowest BCUT2D eigenvalue weighted by molar-refractivity contribution is -0.384. The molecule has 3 N–H and O–H groups in total. The lowest BCUT2D eigenvalue weighted by atomic mass is 10.1. The summed E-state index contributed by atoms with van der Waals surface area (Å²) < 4.78 is 0. The van der Waals surface area contributed by atoms with Crippen molar-refractivity contribution in [3.8, 4) is 0 Å². The molecule has 3 rings (SSSR count). The molecule has 0 spiro atoms. The van der Waals surface area contributed by atoms with Crippen LogP contribution in [0.2, 0.25) is 0 Å². The van der Waals surface area contributed by atoms with E-state index in [0.29, 0.717) is 5.82 Å². The fourth-order valence-electron chi connectivity index (χ4n) is 2.06. The SMILES string of the molecule is Nc1nc(Nc2cccc3cnccc23)ccc1[N+](=O)[O-]. The number of nitrogens with zero attached hydrogens (tertiary/aromatic N) is 3. The van der Waals surface area contributed by atoms with Gasteiger partial charge < -0.3 is 11.1 Å². The van der Waals surface area contributed by atoms with Crippen LogP contribution in [0.1, 0.15) is 0 Å². The lowest BCUT2D eigenvalue weighted by Gasteiger charge is -2.09. The molecule has 0 amide bonds. The minimum atomic E-state index is -0.560. The van der Waals surface area contributed by atoms with E-state index in [4.69, 9.17) is 5.73 Å². The Morgan fingerprint density at radius 2 is 2.05 bits per heavy atom. The van der Waals surface area contributed by atoms with Gasteiger partial charge >= 0.3 is 5.69 Å². The molecule has 0 saturated carbocycles. The summed E-state index contributed by atoms with van der Waals surface area (Å²) >= 11 is 0. The first-order valence-electron chi connectivity index (χ1n) is 6.16. The molecule has 21 heavy (non-hydrogen) atoms. The average Bonchev–Trinajstić information content (AvgIpc) is 2.47. The van der Waals surface area contributed by atoms with Crippen LogP contribution in [0.5, 0.6) is 0 Å². The maximum absolute atomic E-state index is 10.7. The van der Waals surface area contributed by atoms with Gasteiger partial charge in [-0.1, -0.05) is 12.1 Å². The molecule has 3 aromatic rings. The number of nitrogen functional groups attached to an aromatic ring is 1. The Morgan fingerprint density at radius 3 is 2.81 bits per heavy atom. The number of hydrogen-bond acceptors (Lipinski definition) is 6. The van der Waals surface area contributed by atoms with Gasteiger partial charge in [0.2, 0.25) is 5.82 Å². The van der Waals surface area contributed by atoms with Gasteiger partial charge in [-0.2, -0.15) is 0 Å². The summed E-state index contributed by atoms with van der Waals surface area (Å²) in [5.41, 5.74) is 6.21. The highest BCUT2D eigenvalue weighted by atomic mass is 16.6. The number of aromatic nitrogens is 2. The van der Waals surface area contributed by atoms with E-state index in [-0.39, 0.29) is 11.5 Å². The van der Waals surface area contributed by atoms with E-state index in [2.05, 4.69) is 15.3 Å². The zero-order valence-electron chi connectivity index (χ0n) is 10.9. The number of rotatable bonds is 3. The van der Waals surface area contributed by atoms with E-state index in [1.807, 2.05) is 24.3 Å². The Morgan fingerprint density at radius 1 is 1.19 bits per heavy atom. The molecule has 0 aliphatic rings. The van der Waals surface area contributed by atoms with Crippen molar-refractivity contribution >= 4 is 33.8 Å². The number of nitrogens with one attached hydrogen (secondary N) is 1. The van der Waals surface area contributed by atoms with Crippen LogP contribution >= 0.6 is 0 Å². The van der Waals surface area contributed by atoms with Crippen molar-refractivity contribution in [1.29, 1.82) is 0 Å². The Balaban J connectivity index is 1.99. The second-order valence-electron chi connectivity index (χ2n) is 4.39. The van der Waals surface area contributed by atoms with Gasteiger partial charge in [0, 0.05) is 34.9 Å². The van der Waals surface area contributed by atoms with Crippen molar-refractivity contribution in [1.82, 2.24) is 9.97 Å². The van der Waals surface area contributed by atoms with Crippen molar-refractivity contribution in [2.24, 2.45) is 0 Å². The van der Waals surface area contributed by atoms with E-state index in [1.165, 1.54) is 12.1 Å². The van der Waals surface area contributed by atoms with Crippen LogP contribution in [-0.2, 0) is 0 Å². The summed E-state index contributed by atoms with van der Waals surface area (Å²) in [6, 6.07) is 10.5. The van der Waals surface area contributed by atoms with Crippen molar-refractivity contribution in [2.75, 3.05) is 11.1 Å². The molecular weight excluding hydrogens is 270 g/mol. The van der Waals surface area contributed by atoms with E-state index in [0.717, 1.165) is 16.5 Å². The van der Waals surface area contributed by atoms with Crippen LogP contribution in [0, 0.1) is 10.1 Å². The molecule has 104 valence electrons. The van der Waals surface area contributed by atoms with Crippen LogP contribution in [0.4, 0.5) is 23.0 Å². The molecule has 0 radical (unpaired) electrons. The van der Waals surface area contributed by atoms with Gasteiger partial charge in [-0.3, -0.25) is 15.1 Å². The standard InChI is InChI=1S/C14H11N5O2/c15-14-12(19(20)21)4-5-13(18-14)17-11-3-1-2-9-8-16-7-6-10(9)11/h1-8H,(H3,15,17,18). The first kappa shape index (κ1) is 12.8. The summed E-state index contributed by atoms with van der Waals surface area (Å²) in [7, 11) is 0.